The molecule has 1 saturated carbocycles. The zero-order valence-corrected chi connectivity index (χ0v) is 13.7. The quantitative estimate of drug-likeness (QED) is 0.737. The summed E-state index contributed by atoms with van der Waals surface area (Å²) in [6, 6.07) is 0.0782. The maximum atomic E-state index is 12.7. The lowest BCUT2D eigenvalue weighted by Gasteiger charge is -2.30. The van der Waals surface area contributed by atoms with Crippen LogP contribution in [0, 0.1) is 11.3 Å². The lowest BCUT2D eigenvalue weighted by atomic mass is 9.91. The highest BCUT2D eigenvalue weighted by Gasteiger charge is 2.50. The van der Waals surface area contributed by atoms with Gasteiger partial charge < -0.3 is 4.90 Å². The van der Waals surface area contributed by atoms with Crippen molar-refractivity contribution in [3.63, 3.8) is 0 Å². The molecular weight excluding hydrogens is 248 g/mol. The van der Waals surface area contributed by atoms with E-state index in [2.05, 4.69) is 37.9 Å². The molecule has 3 heteroatoms. The number of hydrogen-bond acceptors (Lipinski definition) is 2. The average Bonchev–Trinajstić information content (AvgIpc) is 3.14. The van der Waals surface area contributed by atoms with Gasteiger partial charge in [0.15, 0.2) is 0 Å². The fourth-order valence-electron chi connectivity index (χ4n) is 3.48. The molecule has 0 bridgehead atoms. The van der Waals surface area contributed by atoms with Gasteiger partial charge in [0.25, 0.3) is 0 Å². The van der Waals surface area contributed by atoms with Gasteiger partial charge in [-0.2, -0.15) is 0 Å². The van der Waals surface area contributed by atoms with Crippen LogP contribution in [0.5, 0.6) is 0 Å². The molecule has 3 nitrogen and oxygen atoms in total. The first kappa shape index (κ1) is 15.8. The van der Waals surface area contributed by atoms with Crippen LogP contribution in [0.3, 0.4) is 0 Å². The molecule has 1 saturated heterocycles. The summed E-state index contributed by atoms with van der Waals surface area (Å²) in [7, 11) is 0. The van der Waals surface area contributed by atoms with E-state index in [1.165, 1.54) is 19.3 Å². The van der Waals surface area contributed by atoms with Crippen LogP contribution in [0.1, 0.15) is 72.6 Å². The standard InChI is InChI=1S/C17H32N2O/c1-5-7-9-14-16(20)19(15(18-14)8-6-2)12-17(10-11-17)13(3)4/h13-15,18H,5-12H2,1-4H3. The van der Waals surface area contributed by atoms with Crippen molar-refractivity contribution in [2.24, 2.45) is 11.3 Å². The van der Waals surface area contributed by atoms with E-state index < -0.39 is 0 Å². The van der Waals surface area contributed by atoms with Crippen LogP contribution < -0.4 is 5.32 Å². The van der Waals surface area contributed by atoms with E-state index in [9.17, 15) is 4.79 Å². The van der Waals surface area contributed by atoms with Gasteiger partial charge in [-0.3, -0.25) is 10.1 Å². The maximum Gasteiger partial charge on any atom is 0.241 e. The Kier molecular flexibility index (Phi) is 5.11. The van der Waals surface area contributed by atoms with Crippen LogP contribution in [0.2, 0.25) is 0 Å². The smallest absolute Gasteiger partial charge is 0.241 e. The number of carbonyl (C=O) groups is 1. The molecule has 0 aromatic carbocycles. The Labute approximate surface area is 124 Å². The molecule has 0 spiro atoms. The molecule has 2 aliphatic rings. The molecule has 20 heavy (non-hydrogen) atoms. The third-order valence-corrected chi connectivity index (χ3v) is 5.36. The highest BCUT2D eigenvalue weighted by molar-refractivity contribution is 5.84. The van der Waals surface area contributed by atoms with Gasteiger partial charge in [0.1, 0.15) is 0 Å². The molecule has 2 unspecified atom stereocenters. The van der Waals surface area contributed by atoms with Crippen molar-refractivity contribution in [2.75, 3.05) is 6.54 Å². The molecule has 1 aliphatic carbocycles. The lowest BCUT2D eigenvalue weighted by Crippen LogP contribution is -2.42. The van der Waals surface area contributed by atoms with Gasteiger partial charge in [0.2, 0.25) is 5.91 Å². The minimum atomic E-state index is 0.0782. The second-order valence-corrected chi connectivity index (χ2v) is 7.15. The number of hydrogen-bond donors (Lipinski definition) is 1. The van der Waals surface area contributed by atoms with Crippen LogP contribution in [0.25, 0.3) is 0 Å². The van der Waals surface area contributed by atoms with Gasteiger partial charge in [-0.1, -0.05) is 47.0 Å². The maximum absolute atomic E-state index is 12.7. The van der Waals surface area contributed by atoms with Crippen molar-refractivity contribution in [2.45, 2.75) is 84.8 Å². The van der Waals surface area contributed by atoms with Crippen molar-refractivity contribution in [1.29, 1.82) is 0 Å². The molecule has 1 N–H and O–H groups in total. The molecule has 0 aromatic heterocycles. The van der Waals surface area contributed by atoms with Crippen molar-refractivity contribution in [1.82, 2.24) is 10.2 Å². The third kappa shape index (κ3) is 3.19. The van der Waals surface area contributed by atoms with Crippen molar-refractivity contribution >= 4 is 5.91 Å². The molecule has 1 heterocycles. The van der Waals surface area contributed by atoms with Crippen LogP contribution in [0.15, 0.2) is 0 Å². The van der Waals surface area contributed by atoms with Crippen LogP contribution >= 0.6 is 0 Å². The molecule has 1 amide bonds. The molecule has 0 radical (unpaired) electrons. The highest BCUT2D eigenvalue weighted by atomic mass is 16.2. The molecule has 1 aliphatic heterocycles. The predicted octanol–water partition coefficient (Wildman–Crippen LogP) is 3.54. The van der Waals surface area contributed by atoms with Gasteiger partial charge in [-0.25, -0.2) is 0 Å². The summed E-state index contributed by atoms with van der Waals surface area (Å²) in [4.78, 5) is 14.9. The number of carbonyl (C=O) groups excluding carboxylic acids is 1. The predicted molar refractivity (Wildman–Crippen MR) is 83.4 cm³/mol. The van der Waals surface area contributed by atoms with E-state index in [0.717, 1.165) is 32.2 Å². The molecule has 2 atom stereocenters. The minimum Gasteiger partial charge on any atom is -0.325 e. The Morgan fingerprint density at radius 1 is 1.25 bits per heavy atom. The zero-order valence-electron chi connectivity index (χ0n) is 13.7. The summed E-state index contributed by atoms with van der Waals surface area (Å²) in [6.45, 7) is 10.00. The lowest BCUT2D eigenvalue weighted by molar-refractivity contribution is -0.131. The Morgan fingerprint density at radius 3 is 2.45 bits per heavy atom. The van der Waals surface area contributed by atoms with Gasteiger partial charge in [0, 0.05) is 6.54 Å². The number of nitrogens with zero attached hydrogens (tertiary/aromatic N) is 1. The van der Waals surface area contributed by atoms with Gasteiger partial charge >= 0.3 is 0 Å². The first-order chi connectivity index (χ1) is 9.54. The summed E-state index contributed by atoms with van der Waals surface area (Å²) in [5, 5.41) is 3.59. The first-order valence-electron chi connectivity index (χ1n) is 8.60. The van der Waals surface area contributed by atoms with Gasteiger partial charge in [0.05, 0.1) is 12.2 Å². The molecule has 2 rings (SSSR count). The number of unbranched alkanes of at least 4 members (excludes halogenated alkanes) is 1. The van der Waals surface area contributed by atoms with Gasteiger partial charge in [-0.15, -0.1) is 0 Å². The molecule has 0 aromatic rings. The van der Waals surface area contributed by atoms with Crippen LogP contribution in [-0.4, -0.2) is 29.6 Å². The topological polar surface area (TPSA) is 32.3 Å². The molecule has 2 fully saturated rings. The summed E-state index contributed by atoms with van der Waals surface area (Å²) in [6.07, 6.45) is 8.41. The monoisotopic (exact) mass is 280 g/mol. The Morgan fingerprint density at radius 2 is 1.95 bits per heavy atom. The zero-order chi connectivity index (χ0) is 14.8. The molecular formula is C17H32N2O. The van der Waals surface area contributed by atoms with E-state index >= 15 is 0 Å². The third-order valence-electron chi connectivity index (χ3n) is 5.36. The van der Waals surface area contributed by atoms with Crippen LogP contribution in [-0.2, 0) is 4.79 Å². The van der Waals surface area contributed by atoms with E-state index in [0.29, 0.717) is 17.2 Å². The van der Waals surface area contributed by atoms with Crippen LogP contribution in [0.4, 0.5) is 0 Å². The highest BCUT2D eigenvalue weighted by Crippen LogP contribution is 2.52. The summed E-state index contributed by atoms with van der Waals surface area (Å²) in [5.41, 5.74) is 0.420. The average molecular weight is 280 g/mol. The van der Waals surface area contributed by atoms with Crippen molar-refractivity contribution < 1.29 is 4.79 Å². The summed E-state index contributed by atoms with van der Waals surface area (Å²) < 4.78 is 0. The number of rotatable bonds is 8. The minimum absolute atomic E-state index is 0.0782. The normalized spacial score (nSPS) is 28.4. The number of nitrogens with one attached hydrogen (secondary N) is 1. The van der Waals surface area contributed by atoms with Crippen molar-refractivity contribution in [3.8, 4) is 0 Å². The summed E-state index contributed by atoms with van der Waals surface area (Å²) >= 11 is 0. The van der Waals surface area contributed by atoms with E-state index in [1.807, 2.05) is 0 Å². The Bertz CT molecular complexity index is 336. The second-order valence-electron chi connectivity index (χ2n) is 7.15. The fraction of sp³-hybridized carbons (Fsp3) is 0.941. The largest absolute Gasteiger partial charge is 0.325 e. The second kappa shape index (κ2) is 6.46. The Balaban J connectivity index is 2.02. The molecule has 116 valence electrons. The number of amides is 1. The first-order valence-corrected chi connectivity index (χ1v) is 8.60. The van der Waals surface area contributed by atoms with Gasteiger partial charge in [-0.05, 0) is 37.0 Å². The Hall–Kier alpha value is -0.570. The van der Waals surface area contributed by atoms with E-state index in [4.69, 9.17) is 0 Å². The summed E-state index contributed by atoms with van der Waals surface area (Å²) in [5.74, 6) is 1.05. The van der Waals surface area contributed by atoms with Crippen molar-refractivity contribution in [3.05, 3.63) is 0 Å². The fourth-order valence-corrected chi connectivity index (χ4v) is 3.48. The van der Waals surface area contributed by atoms with E-state index in [1.54, 1.807) is 0 Å². The van der Waals surface area contributed by atoms with E-state index in [-0.39, 0.29) is 12.2 Å². The SMILES string of the molecule is CCCCC1NC(CCC)N(CC2(C(C)C)CC2)C1=O.